The predicted molar refractivity (Wildman–Crippen MR) is 75.7 cm³/mol. The van der Waals surface area contributed by atoms with E-state index < -0.39 is 17.6 Å². The number of rotatable bonds is 6. The highest BCUT2D eigenvalue weighted by Gasteiger charge is 2.11. The number of carbonyl (C=O) groups is 2. The van der Waals surface area contributed by atoms with Crippen LogP contribution in [0.3, 0.4) is 0 Å². The lowest BCUT2D eigenvalue weighted by Gasteiger charge is -2.06. The second-order valence-electron chi connectivity index (χ2n) is 4.29. The minimum atomic E-state index is -0.537. The molecule has 1 rings (SSSR count). The fourth-order valence-electron chi connectivity index (χ4n) is 1.59. The first-order valence-corrected chi connectivity index (χ1v) is 6.50. The van der Waals surface area contributed by atoms with Crippen molar-refractivity contribution in [2.24, 2.45) is 5.73 Å². The molecule has 0 radical (unpaired) electrons. The van der Waals surface area contributed by atoms with Crippen molar-refractivity contribution in [3.8, 4) is 11.8 Å². The van der Waals surface area contributed by atoms with E-state index in [4.69, 9.17) is 10.8 Å². The summed E-state index contributed by atoms with van der Waals surface area (Å²) in [5, 5.41) is 11.3. The third kappa shape index (κ3) is 6.06. The van der Waals surface area contributed by atoms with Gasteiger partial charge in [0.25, 0.3) is 5.91 Å². The van der Waals surface area contributed by atoms with Crippen LogP contribution >= 0.6 is 0 Å². The van der Waals surface area contributed by atoms with Gasteiger partial charge in [0.2, 0.25) is 5.91 Å². The first-order valence-electron chi connectivity index (χ1n) is 6.50. The predicted octanol–water partition coefficient (Wildman–Crippen LogP) is 0.555. The van der Waals surface area contributed by atoms with Crippen LogP contribution in [0.1, 0.15) is 35.2 Å². The molecule has 0 bridgehead atoms. The van der Waals surface area contributed by atoms with Gasteiger partial charge in [0, 0.05) is 24.9 Å². The smallest absolute Gasteiger partial charge is 0.252 e. The molecule has 0 aromatic heterocycles. The molecule has 0 aliphatic carbocycles. The Kier molecular flexibility index (Phi) is 6.92. The van der Waals surface area contributed by atoms with Gasteiger partial charge < -0.3 is 16.2 Å². The largest absolute Gasteiger partial charge is 0.395 e. The van der Waals surface area contributed by atoms with Crippen LogP contribution in [0, 0.1) is 17.7 Å². The molecule has 21 heavy (non-hydrogen) atoms. The first-order chi connectivity index (χ1) is 10.0. The van der Waals surface area contributed by atoms with Gasteiger partial charge in [-0.3, -0.25) is 9.59 Å². The molecule has 4 N–H and O–H groups in total. The molecule has 6 heteroatoms. The maximum Gasteiger partial charge on any atom is 0.252 e. The third-order valence-electron chi connectivity index (χ3n) is 2.57. The summed E-state index contributed by atoms with van der Waals surface area (Å²) in [5.74, 6) is 3.96. The highest BCUT2D eigenvalue weighted by molar-refractivity contribution is 5.96. The molecular weight excluding hydrogens is 275 g/mol. The summed E-state index contributed by atoms with van der Waals surface area (Å²) in [6, 6.07) is 3.73. The van der Waals surface area contributed by atoms with Crippen LogP contribution in [0.5, 0.6) is 0 Å². The standard InChI is InChI=1S/C15H17FN2O3/c16-12-7-6-11(4-1-2-9-19)13(10-12)15(21)18-8-3-5-14(17)20/h6-7,10,19H,2-3,5,8-9H2,(H2,17,20)(H,18,21). The Morgan fingerprint density at radius 1 is 1.38 bits per heavy atom. The highest BCUT2D eigenvalue weighted by atomic mass is 19.1. The van der Waals surface area contributed by atoms with Crippen LogP contribution in [-0.4, -0.2) is 30.1 Å². The van der Waals surface area contributed by atoms with Crippen LogP contribution in [0.2, 0.25) is 0 Å². The number of aliphatic hydroxyl groups excluding tert-OH is 1. The number of benzene rings is 1. The molecule has 0 aliphatic heterocycles. The van der Waals surface area contributed by atoms with Crippen LogP contribution in [0.4, 0.5) is 4.39 Å². The monoisotopic (exact) mass is 292 g/mol. The van der Waals surface area contributed by atoms with Crippen LogP contribution < -0.4 is 11.1 Å². The van der Waals surface area contributed by atoms with E-state index in [0.29, 0.717) is 12.0 Å². The number of hydrogen-bond donors (Lipinski definition) is 3. The number of halogens is 1. The third-order valence-corrected chi connectivity index (χ3v) is 2.57. The van der Waals surface area contributed by atoms with Gasteiger partial charge in [0.15, 0.2) is 0 Å². The summed E-state index contributed by atoms with van der Waals surface area (Å²) in [5.41, 5.74) is 5.50. The molecule has 5 nitrogen and oxygen atoms in total. The van der Waals surface area contributed by atoms with Crippen molar-refractivity contribution in [3.63, 3.8) is 0 Å². The van der Waals surface area contributed by atoms with E-state index in [0.717, 1.165) is 6.07 Å². The molecule has 2 amide bonds. The molecular formula is C15H17FN2O3. The molecule has 112 valence electrons. The summed E-state index contributed by atoms with van der Waals surface area (Å²) in [4.78, 5) is 22.6. The average Bonchev–Trinajstić information content (AvgIpc) is 2.45. The van der Waals surface area contributed by atoms with Crippen molar-refractivity contribution in [3.05, 3.63) is 35.1 Å². The number of amides is 2. The van der Waals surface area contributed by atoms with Crippen LogP contribution in [0.25, 0.3) is 0 Å². The van der Waals surface area contributed by atoms with Gasteiger partial charge in [-0.25, -0.2) is 4.39 Å². The Labute approximate surface area is 122 Å². The van der Waals surface area contributed by atoms with E-state index >= 15 is 0 Å². The van der Waals surface area contributed by atoms with Crippen LogP contribution in [-0.2, 0) is 4.79 Å². The molecule has 0 fully saturated rings. The lowest BCUT2D eigenvalue weighted by Crippen LogP contribution is -2.26. The van der Waals surface area contributed by atoms with Crippen molar-refractivity contribution in [2.45, 2.75) is 19.3 Å². The molecule has 1 aromatic rings. The minimum Gasteiger partial charge on any atom is -0.395 e. The second-order valence-corrected chi connectivity index (χ2v) is 4.29. The summed E-state index contributed by atoms with van der Waals surface area (Å²) < 4.78 is 13.3. The molecule has 0 aliphatic rings. The maximum absolute atomic E-state index is 13.3. The number of aliphatic hydroxyl groups is 1. The van der Waals surface area contributed by atoms with Gasteiger partial charge in [0.1, 0.15) is 5.82 Å². The highest BCUT2D eigenvalue weighted by Crippen LogP contribution is 2.10. The molecule has 0 spiro atoms. The number of hydrogen-bond acceptors (Lipinski definition) is 3. The number of nitrogens with two attached hydrogens (primary N) is 1. The Hall–Kier alpha value is -2.39. The summed E-state index contributed by atoms with van der Waals surface area (Å²) in [7, 11) is 0. The molecule has 0 saturated heterocycles. The van der Waals surface area contributed by atoms with Crippen molar-refractivity contribution >= 4 is 11.8 Å². The van der Waals surface area contributed by atoms with Gasteiger partial charge in [-0.05, 0) is 24.6 Å². The number of primary amides is 1. The van der Waals surface area contributed by atoms with Gasteiger partial charge in [-0.15, -0.1) is 0 Å². The van der Waals surface area contributed by atoms with Gasteiger partial charge in [-0.2, -0.15) is 0 Å². The first kappa shape index (κ1) is 16.7. The molecule has 0 atom stereocenters. The van der Waals surface area contributed by atoms with E-state index in [1.165, 1.54) is 12.1 Å². The SMILES string of the molecule is NC(=O)CCCNC(=O)c1cc(F)ccc1C#CCCO. The van der Waals surface area contributed by atoms with Gasteiger partial charge in [-0.1, -0.05) is 11.8 Å². The quantitative estimate of drug-likeness (QED) is 0.528. The summed E-state index contributed by atoms with van der Waals surface area (Å²) in [6.45, 7) is 0.185. The van der Waals surface area contributed by atoms with Gasteiger partial charge in [0.05, 0.1) is 12.2 Å². The Bertz CT molecular complexity index is 576. The number of carbonyl (C=O) groups excluding carboxylic acids is 2. The zero-order valence-electron chi connectivity index (χ0n) is 11.5. The Balaban J connectivity index is 2.75. The van der Waals surface area contributed by atoms with Crippen molar-refractivity contribution < 1.29 is 19.1 Å². The normalized spacial score (nSPS) is 9.62. The fraction of sp³-hybridized carbons (Fsp3) is 0.333. The van der Waals surface area contributed by atoms with Crippen molar-refractivity contribution in [1.29, 1.82) is 0 Å². The topological polar surface area (TPSA) is 92.4 Å². The maximum atomic E-state index is 13.3. The van der Waals surface area contributed by atoms with Gasteiger partial charge >= 0.3 is 0 Å². The lowest BCUT2D eigenvalue weighted by molar-refractivity contribution is -0.118. The Morgan fingerprint density at radius 3 is 2.81 bits per heavy atom. The average molecular weight is 292 g/mol. The van der Waals surface area contributed by atoms with E-state index in [1.54, 1.807) is 0 Å². The van der Waals surface area contributed by atoms with E-state index in [-0.39, 0.29) is 31.6 Å². The van der Waals surface area contributed by atoms with E-state index in [9.17, 15) is 14.0 Å². The zero-order valence-corrected chi connectivity index (χ0v) is 11.5. The molecule has 0 heterocycles. The summed E-state index contributed by atoms with van der Waals surface area (Å²) in [6.07, 6.45) is 0.867. The fourth-order valence-corrected chi connectivity index (χ4v) is 1.59. The molecule has 1 aromatic carbocycles. The Morgan fingerprint density at radius 2 is 2.14 bits per heavy atom. The number of nitrogens with one attached hydrogen (secondary N) is 1. The minimum absolute atomic E-state index is 0.0805. The molecule has 0 saturated carbocycles. The van der Waals surface area contributed by atoms with Crippen molar-refractivity contribution in [2.75, 3.05) is 13.2 Å². The summed E-state index contributed by atoms with van der Waals surface area (Å²) >= 11 is 0. The second kappa shape index (κ2) is 8.72. The zero-order chi connectivity index (χ0) is 15.7. The lowest BCUT2D eigenvalue weighted by atomic mass is 10.1. The van der Waals surface area contributed by atoms with E-state index in [1.807, 2.05) is 0 Å². The van der Waals surface area contributed by atoms with Crippen LogP contribution in [0.15, 0.2) is 18.2 Å². The van der Waals surface area contributed by atoms with E-state index in [2.05, 4.69) is 17.2 Å². The van der Waals surface area contributed by atoms with Crippen molar-refractivity contribution in [1.82, 2.24) is 5.32 Å². The molecule has 0 unspecified atom stereocenters.